The normalized spacial score (nSPS) is 21.5. The Bertz CT molecular complexity index is 523. The van der Waals surface area contributed by atoms with Gasteiger partial charge in [0, 0.05) is 36.6 Å². The SMILES string of the molecule is C[C@@H]1CN(C(=O)CCNC(=O)c2ccc(Cl)cc2)C[C@H](C)O1. The van der Waals surface area contributed by atoms with Gasteiger partial charge in [0.2, 0.25) is 5.91 Å². The maximum atomic E-state index is 12.2. The van der Waals surface area contributed by atoms with Crippen molar-refractivity contribution in [3.05, 3.63) is 34.9 Å². The number of halogens is 1. The number of carbonyl (C=O) groups excluding carboxylic acids is 2. The Hall–Kier alpha value is -1.59. The molecule has 0 aromatic heterocycles. The summed E-state index contributed by atoms with van der Waals surface area (Å²) in [6.45, 7) is 5.44. The van der Waals surface area contributed by atoms with Crippen molar-refractivity contribution in [2.75, 3.05) is 19.6 Å². The Morgan fingerprint density at radius 2 is 1.82 bits per heavy atom. The van der Waals surface area contributed by atoms with E-state index in [2.05, 4.69) is 5.32 Å². The van der Waals surface area contributed by atoms with E-state index in [1.807, 2.05) is 13.8 Å². The van der Waals surface area contributed by atoms with Gasteiger partial charge in [-0.2, -0.15) is 0 Å². The van der Waals surface area contributed by atoms with Gasteiger partial charge in [0.1, 0.15) is 0 Å². The minimum absolute atomic E-state index is 0.0402. The largest absolute Gasteiger partial charge is 0.372 e. The minimum atomic E-state index is -0.201. The van der Waals surface area contributed by atoms with Crippen molar-refractivity contribution in [3.8, 4) is 0 Å². The minimum Gasteiger partial charge on any atom is -0.372 e. The number of carbonyl (C=O) groups is 2. The Kier molecular flexibility index (Phi) is 5.80. The molecule has 22 heavy (non-hydrogen) atoms. The standard InChI is InChI=1S/C16H21ClN2O3/c1-11-9-19(10-12(2)22-11)15(20)7-8-18-16(21)13-3-5-14(17)6-4-13/h3-6,11-12H,7-10H2,1-2H3,(H,18,21)/t11-,12+. The summed E-state index contributed by atoms with van der Waals surface area (Å²) in [7, 11) is 0. The number of morpholine rings is 1. The quantitative estimate of drug-likeness (QED) is 0.922. The fourth-order valence-corrected chi connectivity index (χ4v) is 2.65. The molecule has 2 amide bonds. The van der Waals surface area contributed by atoms with Crippen LogP contribution < -0.4 is 5.32 Å². The second kappa shape index (κ2) is 7.61. The van der Waals surface area contributed by atoms with Crippen LogP contribution in [0, 0.1) is 0 Å². The van der Waals surface area contributed by atoms with E-state index in [9.17, 15) is 9.59 Å². The average molecular weight is 325 g/mol. The van der Waals surface area contributed by atoms with Gasteiger partial charge >= 0.3 is 0 Å². The first-order valence-electron chi connectivity index (χ1n) is 7.42. The number of rotatable bonds is 4. The number of benzene rings is 1. The van der Waals surface area contributed by atoms with E-state index in [1.54, 1.807) is 29.2 Å². The molecule has 1 aliphatic rings. The van der Waals surface area contributed by atoms with E-state index in [-0.39, 0.29) is 24.0 Å². The lowest BCUT2D eigenvalue weighted by molar-refractivity contribution is -0.143. The molecule has 2 rings (SSSR count). The van der Waals surface area contributed by atoms with Crippen LogP contribution in [-0.4, -0.2) is 48.6 Å². The number of hydrogen-bond donors (Lipinski definition) is 1. The number of hydrogen-bond acceptors (Lipinski definition) is 3. The molecule has 0 aliphatic carbocycles. The van der Waals surface area contributed by atoms with Crippen molar-refractivity contribution in [2.24, 2.45) is 0 Å². The average Bonchev–Trinajstić information content (AvgIpc) is 2.46. The highest BCUT2D eigenvalue weighted by Crippen LogP contribution is 2.12. The molecule has 0 unspecified atom stereocenters. The van der Waals surface area contributed by atoms with Crippen LogP contribution in [0.1, 0.15) is 30.6 Å². The van der Waals surface area contributed by atoms with E-state index in [0.717, 1.165) is 0 Å². The molecule has 1 heterocycles. The van der Waals surface area contributed by atoms with E-state index >= 15 is 0 Å². The number of ether oxygens (including phenoxy) is 1. The van der Waals surface area contributed by atoms with Gasteiger partial charge in [-0.3, -0.25) is 9.59 Å². The zero-order valence-corrected chi connectivity index (χ0v) is 13.6. The van der Waals surface area contributed by atoms with Gasteiger partial charge in [0.05, 0.1) is 12.2 Å². The van der Waals surface area contributed by atoms with Crippen molar-refractivity contribution in [1.29, 1.82) is 0 Å². The van der Waals surface area contributed by atoms with Crippen molar-refractivity contribution in [1.82, 2.24) is 10.2 Å². The van der Waals surface area contributed by atoms with Crippen LogP contribution >= 0.6 is 11.6 Å². The molecule has 0 radical (unpaired) electrons. The molecule has 1 saturated heterocycles. The fourth-order valence-electron chi connectivity index (χ4n) is 2.53. The third-order valence-corrected chi connectivity index (χ3v) is 3.76. The second-order valence-corrected chi connectivity index (χ2v) is 6.01. The second-order valence-electron chi connectivity index (χ2n) is 5.57. The summed E-state index contributed by atoms with van der Waals surface area (Å²) in [5.74, 6) is -0.161. The van der Waals surface area contributed by atoms with E-state index in [0.29, 0.717) is 36.6 Å². The van der Waals surface area contributed by atoms with Crippen molar-refractivity contribution in [3.63, 3.8) is 0 Å². The molecule has 5 nitrogen and oxygen atoms in total. The van der Waals surface area contributed by atoms with Crippen LogP contribution in [0.4, 0.5) is 0 Å². The number of nitrogens with one attached hydrogen (secondary N) is 1. The Labute approximate surface area is 135 Å². The summed E-state index contributed by atoms with van der Waals surface area (Å²) < 4.78 is 5.60. The van der Waals surface area contributed by atoms with Crippen LogP contribution in [0.2, 0.25) is 5.02 Å². The highest BCUT2D eigenvalue weighted by atomic mass is 35.5. The zero-order chi connectivity index (χ0) is 16.1. The zero-order valence-electron chi connectivity index (χ0n) is 12.8. The van der Waals surface area contributed by atoms with Gasteiger partial charge < -0.3 is 15.0 Å². The molecule has 0 saturated carbocycles. The topological polar surface area (TPSA) is 58.6 Å². The molecule has 1 aliphatic heterocycles. The predicted octanol–water partition coefficient (Wildman–Crippen LogP) is 2.10. The first-order valence-corrected chi connectivity index (χ1v) is 7.80. The highest BCUT2D eigenvalue weighted by molar-refractivity contribution is 6.30. The van der Waals surface area contributed by atoms with Gasteiger partial charge in [-0.25, -0.2) is 0 Å². The molecular weight excluding hydrogens is 304 g/mol. The van der Waals surface area contributed by atoms with Crippen molar-refractivity contribution < 1.29 is 14.3 Å². The monoisotopic (exact) mass is 324 g/mol. The maximum absolute atomic E-state index is 12.2. The molecule has 1 N–H and O–H groups in total. The summed E-state index contributed by atoms with van der Waals surface area (Å²) in [5.41, 5.74) is 0.533. The Morgan fingerprint density at radius 3 is 2.41 bits per heavy atom. The molecule has 1 aromatic rings. The van der Waals surface area contributed by atoms with Crippen LogP contribution in [0.5, 0.6) is 0 Å². The summed E-state index contributed by atoms with van der Waals surface area (Å²) in [4.78, 5) is 25.9. The lowest BCUT2D eigenvalue weighted by Crippen LogP contribution is -2.48. The molecule has 1 aromatic carbocycles. The van der Waals surface area contributed by atoms with E-state index < -0.39 is 0 Å². The summed E-state index contributed by atoms with van der Waals surface area (Å²) in [6, 6.07) is 6.64. The molecular formula is C16H21ClN2O3. The fraction of sp³-hybridized carbons (Fsp3) is 0.500. The van der Waals surface area contributed by atoms with Crippen LogP contribution in [0.15, 0.2) is 24.3 Å². The molecule has 6 heteroatoms. The van der Waals surface area contributed by atoms with Crippen molar-refractivity contribution >= 4 is 23.4 Å². The summed E-state index contributed by atoms with van der Waals surface area (Å²) >= 11 is 5.78. The van der Waals surface area contributed by atoms with Gasteiger partial charge in [0.25, 0.3) is 5.91 Å². The van der Waals surface area contributed by atoms with Crippen molar-refractivity contribution in [2.45, 2.75) is 32.5 Å². The lowest BCUT2D eigenvalue weighted by atomic mass is 10.2. The van der Waals surface area contributed by atoms with E-state index in [1.165, 1.54) is 0 Å². The van der Waals surface area contributed by atoms with Crippen LogP contribution in [0.3, 0.4) is 0 Å². The molecule has 0 bridgehead atoms. The van der Waals surface area contributed by atoms with Crippen LogP contribution in [-0.2, 0) is 9.53 Å². The maximum Gasteiger partial charge on any atom is 0.251 e. The first-order chi connectivity index (χ1) is 10.5. The lowest BCUT2D eigenvalue weighted by Gasteiger charge is -2.35. The Balaban J connectivity index is 1.77. The predicted molar refractivity (Wildman–Crippen MR) is 85.0 cm³/mol. The Morgan fingerprint density at radius 1 is 1.23 bits per heavy atom. The summed E-state index contributed by atoms with van der Waals surface area (Å²) in [6.07, 6.45) is 0.395. The third kappa shape index (κ3) is 4.71. The van der Waals surface area contributed by atoms with Gasteiger partial charge in [-0.1, -0.05) is 11.6 Å². The van der Waals surface area contributed by atoms with Gasteiger partial charge in [0.15, 0.2) is 0 Å². The highest BCUT2D eigenvalue weighted by Gasteiger charge is 2.25. The number of nitrogens with zero attached hydrogens (tertiary/aromatic N) is 1. The molecule has 120 valence electrons. The molecule has 0 spiro atoms. The van der Waals surface area contributed by atoms with Gasteiger partial charge in [-0.05, 0) is 38.1 Å². The molecule has 2 atom stereocenters. The van der Waals surface area contributed by atoms with E-state index in [4.69, 9.17) is 16.3 Å². The third-order valence-electron chi connectivity index (χ3n) is 3.50. The number of amides is 2. The first kappa shape index (κ1) is 16.8. The summed E-state index contributed by atoms with van der Waals surface area (Å²) in [5, 5.41) is 3.34. The smallest absolute Gasteiger partial charge is 0.251 e. The molecule has 1 fully saturated rings. The van der Waals surface area contributed by atoms with Gasteiger partial charge in [-0.15, -0.1) is 0 Å². The van der Waals surface area contributed by atoms with Crippen LogP contribution in [0.25, 0.3) is 0 Å².